The second kappa shape index (κ2) is 21.0. The number of hydrogen-bond donors (Lipinski definition) is 0. The summed E-state index contributed by atoms with van der Waals surface area (Å²) in [6.07, 6.45) is 25.1. The fraction of sp³-hybridized carbons (Fsp3) is 0.867. The number of allylic oxidation sites excluding steroid dienone is 2. The van der Waals surface area contributed by atoms with Crippen molar-refractivity contribution < 1.29 is 19.1 Å². The molecule has 0 saturated heterocycles. The van der Waals surface area contributed by atoms with Gasteiger partial charge in [-0.1, -0.05) is 123 Å². The molecule has 198 valence electrons. The van der Waals surface area contributed by atoms with E-state index >= 15 is 0 Å². The maximum Gasteiger partial charge on any atom is 0.310 e. The molecular formula is C30H54O4. The van der Waals surface area contributed by atoms with Crippen LogP contribution in [-0.4, -0.2) is 25.2 Å². The van der Waals surface area contributed by atoms with Gasteiger partial charge in [0, 0.05) is 0 Å². The highest BCUT2D eigenvalue weighted by Crippen LogP contribution is 2.32. The molecule has 0 fully saturated rings. The number of carbonyl (C=O) groups excluding carboxylic acids is 2. The second-order valence-corrected chi connectivity index (χ2v) is 10.3. The molecule has 3 unspecified atom stereocenters. The molecule has 0 heterocycles. The van der Waals surface area contributed by atoms with E-state index in [9.17, 15) is 9.59 Å². The molecule has 1 rings (SSSR count). The summed E-state index contributed by atoms with van der Waals surface area (Å²) in [4.78, 5) is 25.8. The van der Waals surface area contributed by atoms with E-state index in [1.165, 1.54) is 77.0 Å². The third kappa shape index (κ3) is 14.2. The van der Waals surface area contributed by atoms with Crippen LogP contribution in [0.2, 0.25) is 0 Å². The zero-order valence-corrected chi connectivity index (χ0v) is 22.7. The lowest BCUT2D eigenvalue weighted by molar-refractivity contribution is -0.162. The first-order chi connectivity index (χ1) is 16.6. The predicted molar refractivity (Wildman–Crippen MR) is 142 cm³/mol. The van der Waals surface area contributed by atoms with Crippen LogP contribution in [0.15, 0.2) is 12.2 Å². The molecule has 1 aliphatic rings. The van der Waals surface area contributed by atoms with Crippen molar-refractivity contribution in [3.8, 4) is 0 Å². The summed E-state index contributed by atoms with van der Waals surface area (Å²) in [5.74, 6) is -1.28. The van der Waals surface area contributed by atoms with Crippen LogP contribution in [0.1, 0.15) is 136 Å². The van der Waals surface area contributed by atoms with E-state index in [1.807, 2.05) is 6.92 Å². The Kier molecular flexibility index (Phi) is 19.0. The van der Waals surface area contributed by atoms with Gasteiger partial charge in [0.15, 0.2) is 0 Å². The van der Waals surface area contributed by atoms with Crippen LogP contribution in [0.3, 0.4) is 0 Å². The van der Waals surface area contributed by atoms with Crippen LogP contribution in [0.5, 0.6) is 0 Å². The zero-order chi connectivity index (χ0) is 24.9. The van der Waals surface area contributed by atoms with Gasteiger partial charge in [0.25, 0.3) is 0 Å². The van der Waals surface area contributed by atoms with Gasteiger partial charge in [-0.3, -0.25) is 9.59 Å². The van der Waals surface area contributed by atoms with Gasteiger partial charge in [-0.2, -0.15) is 0 Å². The highest BCUT2D eigenvalue weighted by molar-refractivity contribution is 5.82. The van der Waals surface area contributed by atoms with Gasteiger partial charge in [0.1, 0.15) is 0 Å². The van der Waals surface area contributed by atoms with Gasteiger partial charge >= 0.3 is 11.9 Å². The summed E-state index contributed by atoms with van der Waals surface area (Å²) in [6.45, 7) is 7.41. The monoisotopic (exact) mass is 478 g/mol. The Hall–Kier alpha value is -1.32. The van der Waals surface area contributed by atoms with Crippen molar-refractivity contribution in [1.29, 1.82) is 0 Å². The molecule has 0 aromatic heterocycles. The lowest BCUT2D eigenvalue weighted by Crippen LogP contribution is -2.36. The van der Waals surface area contributed by atoms with E-state index in [0.29, 0.717) is 19.6 Å². The van der Waals surface area contributed by atoms with Crippen LogP contribution in [0.25, 0.3) is 0 Å². The van der Waals surface area contributed by atoms with Gasteiger partial charge < -0.3 is 9.47 Å². The fourth-order valence-electron chi connectivity index (χ4n) is 4.92. The number of rotatable bonds is 20. The van der Waals surface area contributed by atoms with E-state index in [0.717, 1.165) is 32.1 Å². The van der Waals surface area contributed by atoms with Crippen molar-refractivity contribution in [2.75, 3.05) is 13.2 Å². The van der Waals surface area contributed by atoms with Crippen molar-refractivity contribution in [3.05, 3.63) is 12.2 Å². The van der Waals surface area contributed by atoms with Crippen molar-refractivity contribution >= 4 is 11.9 Å². The molecule has 0 radical (unpaired) electrons. The summed E-state index contributed by atoms with van der Waals surface area (Å²) in [7, 11) is 0. The Morgan fingerprint density at radius 1 is 0.676 bits per heavy atom. The van der Waals surface area contributed by atoms with E-state index in [2.05, 4.69) is 26.0 Å². The highest BCUT2D eigenvalue weighted by Gasteiger charge is 2.39. The first-order valence-corrected chi connectivity index (χ1v) is 14.6. The standard InChI is InChI=1S/C30H54O4/c1-4-6-8-10-12-14-16-20-24-33-29(31)27-23-19-18-22-26(3)28(27)30(32)34-25-21-17-15-13-11-9-7-5-2/h18,22,26-28H,4-17,19-21,23-25H2,1-3H3. The molecular weight excluding hydrogens is 424 g/mol. The third-order valence-corrected chi connectivity index (χ3v) is 7.14. The molecule has 34 heavy (non-hydrogen) atoms. The van der Waals surface area contributed by atoms with Gasteiger partial charge in [0.05, 0.1) is 25.0 Å². The largest absolute Gasteiger partial charge is 0.465 e. The lowest BCUT2D eigenvalue weighted by Gasteiger charge is -2.26. The van der Waals surface area contributed by atoms with E-state index in [1.54, 1.807) is 0 Å². The van der Waals surface area contributed by atoms with E-state index in [4.69, 9.17) is 9.47 Å². The number of unbranched alkanes of at least 4 members (excludes halogenated alkanes) is 14. The topological polar surface area (TPSA) is 52.6 Å². The molecule has 4 heteroatoms. The Morgan fingerprint density at radius 3 is 1.62 bits per heavy atom. The molecule has 0 aromatic rings. The summed E-state index contributed by atoms with van der Waals surface area (Å²) in [6, 6.07) is 0. The summed E-state index contributed by atoms with van der Waals surface area (Å²) < 4.78 is 11.3. The molecule has 3 atom stereocenters. The van der Waals surface area contributed by atoms with E-state index < -0.39 is 11.8 Å². The Balaban J connectivity index is 2.32. The summed E-state index contributed by atoms with van der Waals surface area (Å²) in [5, 5.41) is 0. The molecule has 0 spiro atoms. The zero-order valence-electron chi connectivity index (χ0n) is 22.7. The molecule has 0 amide bonds. The fourth-order valence-corrected chi connectivity index (χ4v) is 4.92. The average molecular weight is 479 g/mol. The smallest absolute Gasteiger partial charge is 0.310 e. The van der Waals surface area contributed by atoms with Crippen LogP contribution in [-0.2, 0) is 19.1 Å². The molecule has 0 bridgehead atoms. The quantitative estimate of drug-likeness (QED) is 0.0998. The lowest BCUT2D eigenvalue weighted by atomic mass is 9.81. The number of ether oxygens (including phenoxy) is 2. The number of carbonyl (C=O) groups is 2. The predicted octanol–water partition coefficient (Wildman–Crippen LogP) is 8.57. The molecule has 0 saturated carbocycles. The first kappa shape index (κ1) is 30.7. The second-order valence-electron chi connectivity index (χ2n) is 10.3. The third-order valence-electron chi connectivity index (χ3n) is 7.14. The Labute approximate surface area is 210 Å². The van der Waals surface area contributed by atoms with Gasteiger partial charge in [-0.15, -0.1) is 0 Å². The van der Waals surface area contributed by atoms with Crippen molar-refractivity contribution in [3.63, 3.8) is 0 Å². The van der Waals surface area contributed by atoms with E-state index in [-0.39, 0.29) is 17.9 Å². The van der Waals surface area contributed by atoms with Gasteiger partial charge in [0.2, 0.25) is 0 Å². The Bertz CT molecular complexity index is 542. The molecule has 0 aromatic carbocycles. The van der Waals surface area contributed by atoms with Crippen molar-refractivity contribution in [2.24, 2.45) is 17.8 Å². The summed E-state index contributed by atoms with van der Waals surface area (Å²) >= 11 is 0. The normalized spacial score (nSPS) is 20.1. The highest BCUT2D eigenvalue weighted by atomic mass is 16.5. The average Bonchev–Trinajstić information content (AvgIpc) is 3.03. The molecule has 0 N–H and O–H groups in total. The minimum atomic E-state index is -0.432. The van der Waals surface area contributed by atoms with Crippen LogP contribution < -0.4 is 0 Å². The van der Waals surface area contributed by atoms with Crippen LogP contribution >= 0.6 is 0 Å². The SMILES string of the molecule is CCCCCCCCCCOC(=O)C1CCC=CC(C)C1C(=O)OCCCCCCCCCC. The number of hydrogen-bond acceptors (Lipinski definition) is 4. The van der Waals surface area contributed by atoms with Crippen LogP contribution in [0, 0.1) is 17.8 Å². The van der Waals surface area contributed by atoms with Gasteiger partial charge in [-0.25, -0.2) is 0 Å². The first-order valence-electron chi connectivity index (χ1n) is 14.6. The van der Waals surface area contributed by atoms with Crippen molar-refractivity contribution in [1.82, 2.24) is 0 Å². The maximum absolute atomic E-state index is 12.9. The number of esters is 2. The molecule has 0 aliphatic heterocycles. The van der Waals surface area contributed by atoms with Gasteiger partial charge in [-0.05, 0) is 31.6 Å². The minimum absolute atomic E-state index is 0.00534. The Morgan fingerprint density at radius 2 is 1.12 bits per heavy atom. The maximum atomic E-state index is 12.9. The summed E-state index contributed by atoms with van der Waals surface area (Å²) in [5.41, 5.74) is 0. The minimum Gasteiger partial charge on any atom is -0.465 e. The van der Waals surface area contributed by atoms with Crippen molar-refractivity contribution in [2.45, 2.75) is 136 Å². The molecule has 4 nitrogen and oxygen atoms in total. The van der Waals surface area contributed by atoms with Crippen LogP contribution in [0.4, 0.5) is 0 Å². The molecule has 1 aliphatic carbocycles.